The third-order valence-electron chi connectivity index (χ3n) is 8.00. The van der Waals surface area contributed by atoms with E-state index in [1.54, 1.807) is 4.90 Å². The normalized spacial score (nSPS) is 20.0. The van der Waals surface area contributed by atoms with E-state index in [2.05, 4.69) is 22.8 Å². The molecule has 1 heterocycles. The lowest BCUT2D eigenvalue weighted by Gasteiger charge is -2.45. The van der Waals surface area contributed by atoms with Crippen molar-refractivity contribution < 1.29 is 14.4 Å². The average Bonchev–Trinajstić information content (AvgIpc) is 3.36. The number of amides is 3. The summed E-state index contributed by atoms with van der Waals surface area (Å²) < 4.78 is 0. The quantitative estimate of drug-likeness (QED) is 0.421. The number of rotatable bonds is 8. The van der Waals surface area contributed by atoms with Gasteiger partial charge in [-0.15, -0.1) is 0 Å². The molecule has 0 aromatic heterocycles. The Balaban J connectivity index is 1.62. The van der Waals surface area contributed by atoms with Gasteiger partial charge in [0.15, 0.2) is 0 Å². The maximum Gasteiger partial charge on any atom is 0.247 e. The monoisotopic (exact) mass is 537 g/mol. The molecule has 0 radical (unpaired) electrons. The molecule has 1 fully saturated rings. The molecule has 1 saturated heterocycles. The van der Waals surface area contributed by atoms with Crippen LogP contribution >= 0.6 is 0 Å². The smallest absolute Gasteiger partial charge is 0.247 e. The van der Waals surface area contributed by atoms with Crippen molar-refractivity contribution in [1.82, 2.24) is 15.5 Å². The van der Waals surface area contributed by atoms with Crippen molar-refractivity contribution in [3.8, 4) is 11.1 Å². The number of nitrogens with zero attached hydrogens (tertiary/aromatic N) is 1. The molecule has 208 valence electrons. The van der Waals surface area contributed by atoms with Crippen LogP contribution in [0.2, 0.25) is 0 Å². The van der Waals surface area contributed by atoms with Gasteiger partial charge in [0.25, 0.3) is 0 Å². The molecule has 1 aliphatic carbocycles. The zero-order valence-corrected chi connectivity index (χ0v) is 23.8. The second kappa shape index (κ2) is 11.7. The molecule has 0 saturated carbocycles. The fraction of sp³-hybridized carbons (Fsp3) is 0.382. The van der Waals surface area contributed by atoms with Gasteiger partial charge in [-0.2, -0.15) is 0 Å². The molecular formula is C34H39N3O3. The Bertz CT molecular complexity index is 1360. The Labute approximate surface area is 237 Å². The van der Waals surface area contributed by atoms with Gasteiger partial charge in [-0.1, -0.05) is 92.7 Å². The Morgan fingerprint density at radius 3 is 2.10 bits per heavy atom. The van der Waals surface area contributed by atoms with Gasteiger partial charge in [-0.25, -0.2) is 0 Å². The summed E-state index contributed by atoms with van der Waals surface area (Å²) in [6.45, 7) is 7.90. The van der Waals surface area contributed by atoms with Crippen LogP contribution in [0.3, 0.4) is 0 Å². The molecule has 5 rings (SSSR count). The van der Waals surface area contributed by atoms with Crippen LogP contribution in [-0.4, -0.2) is 40.7 Å². The molecule has 3 amide bonds. The summed E-state index contributed by atoms with van der Waals surface area (Å²) in [5, 5.41) is 6.16. The van der Waals surface area contributed by atoms with Crippen LogP contribution in [0.4, 0.5) is 0 Å². The molecule has 3 atom stereocenters. The van der Waals surface area contributed by atoms with E-state index in [1.165, 1.54) is 11.1 Å². The maximum absolute atomic E-state index is 14.6. The van der Waals surface area contributed by atoms with Gasteiger partial charge in [-0.3, -0.25) is 14.4 Å². The highest BCUT2D eigenvalue weighted by Gasteiger charge is 2.49. The Morgan fingerprint density at radius 1 is 0.875 bits per heavy atom. The number of carbonyl (C=O) groups is 3. The minimum Gasteiger partial charge on any atom is -0.352 e. The van der Waals surface area contributed by atoms with Gasteiger partial charge >= 0.3 is 0 Å². The van der Waals surface area contributed by atoms with Crippen molar-refractivity contribution >= 4 is 17.7 Å². The summed E-state index contributed by atoms with van der Waals surface area (Å²) in [5.41, 5.74) is 4.98. The van der Waals surface area contributed by atoms with Crippen molar-refractivity contribution in [1.29, 1.82) is 0 Å². The summed E-state index contributed by atoms with van der Waals surface area (Å²) in [5.74, 6) is -0.557. The molecule has 6 heteroatoms. The predicted octanol–water partition coefficient (Wildman–Crippen LogP) is 5.08. The molecule has 6 nitrogen and oxygen atoms in total. The number of benzene rings is 3. The highest BCUT2D eigenvalue weighted by atomic mass is 16.2. The van der Waals surface area contributed by atoms with E-state index >= 15 is 0 Å². The molecular weight excluding hydrogens is 498 g/mol. The number of hydrogen-bond acceptors (Lipinski definition) is 3. The predicted molar refractivity (Wildman–Crippen MR) is 157 cm³/mol. The van der Waals surface area contributed by atoms with E-state index in [9.17, 15) is 14.4 Å². The van der Waals surface area contributed by atoms with Crippen LogP contribution < -0.4 is 10.6 Å². The van der Waals surface area contributed by atoms with Gasteiger partial charge in [0.05, 0.1) is 0 Å². The SMILES string of the molecule is CC(C)C[C@@H]1C(=O)N[C@H](C2Cc3ccccc3C2)C(=O)N1[C@@H](C(=O)NC(C)C)c1ccccc1-c1ccccc1. The zero-order chi connectivity index (χ0) is 28.4. The number of piperazine rings is 1. The first-order valence-corrected chi connectivity index (χ1v) is 14.4. The molecule has 1 aliphatic heterocycles. The third-order valence-corrected chi connectivity index (χ3v) is 8.00. The summed E-state index contributed by atoms with van der Waals surface area (Å²) in [4.78, 5) is 44.1. The summed E-state index contributed by atoms with van der Waals surface area (Å²) in [7, 11) is 0. The second-order valence-corrected chi connectivity index (χ2v) is 11.8. The molecule has 0 bridgehead atoms. The van der Waals surface area contributed by atoms with E-state index in [-0.39, 0.29) is 35.6 Å². The van der Waals surface area contributed by atoms with Crippen molar-refractivity contribution in [3.05, 3.63) is 95.6 Å². The van der Waals surface area contributed by atoms with Gasteiger partial charge in [0, 0.05) is 6.04 Å². The molecule has 3 aromatic rings. The summed E-state index contributed by atoms with van der Waals surface area (Å²) >= 11 is 0. The number of nitrogens with one attached hydrogen (secondary N) is 2. The van der Waals surface area contributed by atoms with Crippen molar-refractivity contribution in [2.75, 3.05) is 0 Å². The van der Waals surface area contributed by atoms with Crippen LogP contribution in [0.1, 0.15) is 56.8 Å². The van der Waals surface area contributed by atoms with Crippen molar-refractivity contribution in [2.24, 2.45) is 11.8 Å². The first-order valence-electron chi connectivity index (χ1n) is 14.4. The first kappa shape index (κ1) is 27.6. The minimum absolute atomic E-state index is 0.0606. The highest BCUT2D eigenvalue weighted by Crippen LogP contribution is 2.38. The van der Waals surface area contributed by atoms with Crippen molar-refractivity contribution in [3.63, 3.8) is 0 Å². The van der Waals surface area contributed by atoms with Gasteiger partial charge in [0.2, 0.25) is 17.7 Å². The minimum atomic E-state index is -0.951. The third kappa shape index (κ3) is 5.53. The van der Waals surface area contributed by atoms with Gasteiger partial charge < -0.3 is 15.5 Å². The number of carbonyl (C=O) groups excluding carboxylic acids is 3. The Kier molecular flexibility index (Phi) is 8.06. The van der Waals surface area contributed by atoms with Gasteiger partial charge in [-0.05, 0) is 72.8 Å². The van der Waals surface area contributed by atoms with E-state index in [0.29, 0.717) is 6.42 Å². The summed E-state index contributed by atoms with van der Waals surface area (Å²) in [6.07, 6.45) is 1.91. The van der Waals surface area contributed by atoms with E-state index in [1.807, 2.05) is 94.4 Å². The second-order valence-electron chi connectivity index (χ2n) is 11.8. The van der Waals surface area contributed by atoms with Crippen LogP contribution in [0.5, 0.6) is 0 Å². The topological polar surface area (TPSA) is 78.5 Å². The lowest BCUT2D eigenvalue weighted by molar-refractivity contribution is -0.158. The largest absolute Gasteiger partial charge is 0.352 e. The average molecular weight is 538 g/mol. The number of hydrogen-bond donors (Lipinski definition) is 2. The number of fused-ring (bicyclic) bond motifs is 1. The Morgan fingerprint density at radius 2 is 1.48 bits per heavy atom. The molecule has 0 unspecified atom stereocenters. The fourth-order valence-corrected chi connectivity index (χ4v) is 6.27. The molecule has 3 aromatic carbocycles. The Hall–Kier alpha value is -3.93. The van der Waals surface area contributed by atoms with Crippen LogP contribution in [0.15, 0.2) is 78.9 Å². The summed E-state index contributed by atoms with van der Waals surface area (Å²) in [6, 6.07) is 23.3. The maximum atomic E-state index is 14.6. The zero-order valence-electron chi connectivity index (χ0n) is 23.8. The van der Waals surface area contributed by atoms with E-state index in [0.717, 1.165) is 29.5 Å². The van der Waals surface area contributed by atoms with Crippen LogP contribution in [-0.2, 0) is 27.2 Å². The molecule has 0 spiro atoms. The lowest BCUT2D eigenvalue weighted by Crippen LogP contribution is -2.67. The standard InChI is InChI=1S/C34H39N3O3/c1-21(2)18-29-32(38)36-30(26-19-24-14-8-9-15-25(24)20-26)34(40)37(29)31(33(39)35-22(3)4)28-17-11-10-16-27(28)23-12-6-5-7-13-23/h5-17,21-22,26,29-31H,18-20H2,1-4H3,(H,35,39)(H,36,38)/t29-,30-,31-/m1/s1. The highest BCUT2D eigenvalue weighted by molar-refractivity contribution is 6.01. The van der Waals surface area contributed by atoms with Crippen LogP contribution in [0.25, 0.3) is 11.1 Å². The molecule has 2 N–H and O–H groups in total. The molecule has 40 heavy (non-hydrogen) atoms. The van der Waals surface area contributed by atoms with Crippen molar-refractivity contribution in [2.45, 2.75) is 71.1 Å². The van der Waals surface area contributed by atoms with Crippen LogP contribution in [0, 0.1) is 11.8 Å². The molecule has 2 aliphatic rings. The first-order chi connectivity index (χ1) is 19.2. The lowest BCUT2D eigenvalue weighted by atomic mass is 9.86. The van der Waals surface area contributed by atoms with E-state index in [4.69, 9.17) is 0 Å². The fourth-order valence-electron chi connectivity index (χ4n) is 6.27. The van der Waals surface area contributed by atoms with E-state index < -0.39 is 18.1 Å². The van der Waals surface area contributed by atoms with Gasteiger partial charge in [0.1, 0.15) is 18.1 Å².